The molecule has 0 aliphatic carbocycles. The fraction of sp³-hybridized carbons (Fsp3) is 0.571. The maximum atomic E-state index is 11.5. The Hall–Kier alpha value is -0.790. The molecule has 0 radical (unpaired) electrons. The van der Waals surface area contributed by atoms with Crippen molar-refractivity contribution in [1.29, 1.82) is 0 Å². The predicted octanol–water partition coefficient (Wildman–Crippen LogP) is 2.38. The zero-order chi connectivity index (χ0) is 15.9. The highest BCUT2D eigenvalue weighted by Gasteiger charge is 2.14. The first-order valence-corrected chi connectivity index (χ1v) is 9.48. The molecule has 1 aromatic rings. The van der Waals surface area contributed by atoms with Gasteiger partial charge in [-0.25, -0.2) is 8.42 Å². The molecule has 1 rings (SSSR count). The van der Waals surface area contributed by atoms with E-state index in [0.29, 0.717) is 24.7 Å². The summed E-state index contributed by atoms with van der Waals surface area (Å²) in [4.78, 5) is 0. The minimum Gasteiger partial charge on any atom is -0.490 e. The average Bonchev–Trinajstić information content (AvgIpc) is 2.42. The summed E-state index contributed by atoms with van der Waals surface area (Å²) in [5.74, 6) is 1.28. The van der Waals surface area contributed by atoms with Crippen LogP contribution in [0.25, 0.3) is 0 Å². The first-order chi connectivity index (χ1) is 9.93. The van der Waals surface area contributed by atoms with E-state index >= 15 is 0 Å². The fourth-order valence-electron chi connectivity index (χ4n) is 1.75. The van der Waals surface area contributed by atoms with Crippen molar-refractivity contribution in [2.45, 2.75) is 20.4 Å². The molecular formula is C14H22BrNO4S. The van der Waals surface area contributed by atoms with E-state index in [1.54, 1.807) is 6.92 Å². The highest BCUT2D eigenvalue weighted by atomic mass is 79.9. The number of hydrogen-bond acceptors (Lipinski definition) is 5. The van der Waals surface area contributed by atoms with Crippen molar-refractivity contribution in [3.63, 3.8) is 0 Å². The summed E-state index contributed by atoms with van der Waals surface area (Å²) in [6.45, 7) is 4.86. The minimum atomic E-state index is -3.04. The summed E-state index contributed by atoms with van der Waals surface area (Å²) >= 11 is 3.45. The van der Waals surface area contributed by atoms with Gasteiger partial charge in [0.1, 0.15) is 6.61 Å². The van der Waals surface area contributed by atoms with Crippen LogP contribution in [0.15, 0.2) is 16.6 Å². The Labute approximate surface area is 135 Å². The average molecular weight is 380 g/mol. The largest absolute Gasteiger partial charge is 0.490 e. The molecule has 5 nitrogen and oxygen atoms in total. The van der Waals surface area contributed by atoms with Gasteiger partial charge in [0.2, 0.25) is 0 Å². The maximum Gasteiger partial charge on any atom is 0.175 e. The molecule has 1 N–H and O–H groups in total. The molecule has 0 aromatic heterocycles. The number of sulfone groups is 1. The molecule has 0 heterocycles. The third kappa shape index (κ3) is 5.84. The Kier molecular flexibility index (Phi) is 7.48. The van der Waals surface area contributed by atoms with E-state index in [1.165, 1.54) is 0 Å². The van der Waals surface area contributed by atoms with Crippen LogP contribution in [0.2, 0.25) is 0 Å². The number of benzene rings is 1. The van der Waals surface area contributed by atoms with Crippen LogP contribution in [-0.2, 0) is 16.4 Å². The van der Waals surface area contributed by atoms with E-state index < -0.39 is 9.84 Å². The van der Waals surface area contributed by atoms with Crippen LogP contribution >= 0.6 is 15.9 Å². The van der Waals surface area contributed by atoms with Crippen molar-refractivity contribution in [3.05, 3.63) is 22.2 Å². The maximum absolute atomic E-state index is 11.5. The van der Waals surface area contributed by atoms with Gasteiger partial charge in [0.25, 0.3) is 0 Å². The van der Waals surface area contributed by atoms with Crippen molar-refractivity contribution in [1.82, 2.24) is 5.32 Å². The third-order valence-corrected chi connectivity index (χ3v) is 5.09. The van der Waals surface area contributed by atoms with Gasteiger partial charge < -0.3 is 14.8 Å². The lowest BCUT2D eigenvalue weighted by Crippen LogP contribution is -2.16. The number of hydrogen-bond donors (Lipinski definition) is 1. The highest BCUT2D eigenvalue weighted by Crippen LogP contribution is 2.37. The number of ether oxygens (including phenoxy) is 2. The zero-order valence-corrected chi connectivity index (χ0v) is 15.0. The Morgan fingerprint density at radius 1 is 1.24 bits per heavy atom. The van der Waals surface area contributed by atoms with Crippen LogP contribution in [0.5, 0.6) is 11.5 Å². The van der Waals surface area contributed by atoms with E-state index in [9.17, 15) is 8.42 Å². The second-order valence-electron chi connectivity index (χ2n) is 4.45. The van der Waals surface area contributed by atoms with Crippen molar-refractivity contribution < 1.29 is 17.9 Å². The van der Waals surface area contributed by atoms with Crippen molar-refractivity contribution >= 4 is 25.8 Å². The Morgan fingerprint density at radius 2 is 1.95 bits per heavy atom. The van der Waals surface area contributed by atoms with Gasteiger partial charge in [0.15, 0.2) is 21.3 Å². The van der Waals surface area contributed by atoms with Gasteiger partial charge in [-0.2, -0.15) is 0 Å². The Bertz CT molecular complexity index is 560. The lowest BCUT2D eigenvalue weighted by atomic mass is 10.2. The van der Waals surface area contributed by atoms with Crippen LogP contribution in [-0.4, -0.2) is 40.2 Å². The Morgan fingerprint density at radius 3 is 2.52 bits per heavy atom. The summed E-state index contributed by atoms with van der Waals surface area (Å²) in [6.07, 6.45) is 0. The molecule has 120 valence electrons. The quantitative estimate of drug-likeness (QED) is 0.713. The van der Waals surface area contributed by atoms with Crippen molar-refractivity contribution in [2.24, 2.45) is 0 Å². The molecule has 0 saturated heterocycles. The number of rotatable bonds is 9. The fourth-order valence-corrected chi connectivity index (χ4v) is 2.98. The summed E-state index contributed by atoms with van der Waals surface area (Å²) in [5.41, 5.74) is 1.06. The van der Waals surface area contributed by atoms with Gasteiger partial charge in [0.05, 0.1) is 16.8 Å². The smallest absolute Gasteiger partial charge is 0.175 e. The first-order valence-electron chi connectivity index (χ1n) is 6.86. The SMILES string of the molecule is CCOc1cc(CNC)cc(Br)c1OCCS(=O)(=O)CC. The molecule has 0 bridgehead atoms. The minimum absolute atomic E-state index is 0.000226. The lowest BCUT2D eigenvalue weighted by Gasteiger charge is -2.15. The Balaban J connectivity index is 2.89. The highest BCUT2D eigenvalue weighted by molar-refractivity contribution is 9.10. The summed E-state index contributed by atoms with van der Waals surface area (Å²) < 4.78 is 34.9. The van der Waals surface area contributed by atoms with E-state index in [0.717, 1.165) is 10.0 Å². The van der Waals surface area contributed by atoms with E-state index in [1.807, 2.05) is 26.1 Å². The number of halogens is 1. The van der Waals surface area contributed by atoms with Crippen LogP contribution < -0.4 is 14.8 Å². The third-order valence-electron chi connectivity index (χ3n) is 2.83. The van der Waals surface area contributed by atoms with Gasteiger partial charge in [-0.05, 0) is 47.6 Å². The van der Waals surface area contributed by atoms with E-state index in [4.69, 9.17) is 9.47 Å². The molecule has 0 aliphatic heterocycles. The van der Waals surface area contributed by atoms with Gasteiger partial charge in [-0.1, -0.05) is 6.92 Å². The molecule has 7 heteroatoms. The zero-order valence-electron chi connectivity index (χ0n) is 12.6. The molecular weight excluding hydrogens is 358 g/mol. The molecule has 0 unspecified atom stereocenters. The molecule has 0 amide bonds. The van der Waals surface area contributed by atoms with Gasteiger partial charge in [0, 0.05) is 12.3 Å². The monoisotopic (exact) mass is 379 g/mol. The topological polar surface area (TPSA) is 64.6 Å². The standard InChI is InChI=1S/C14H22BrNO4S/c1-4-19-13-9-11(10-16-3)8-12(15)14(13)20-6-7-21(17,18)5-2/h8-9,16H,4-7,10H2,1-3H3. The van der Waals surface area contributed by atoms with E-state index in [2.05, 4.69) is 21.2 Å². The van der Waals surface area contributed by atoms with Gasteiger partial charge in [-0.3, -0.25) is 0 Å². The predicted molar refractivity (Wildman–Crippen MR) is 87.9 cm³/mol. The molecule has 0 fully saturated rings. The van der Waals surface area contributed by atoms with Crippen molar-refractivity contribution in [3.8, 4) is 11.5 Å². The molecule has 1 aromatic carbocycles. The summed E-state index contributed by atoms with van der Waals surface area (Å²) in [6, 6.07) is 3.83. The molecule has 21 heavy (non-hydrogen) atoms. The van der Waals surface area contributed by atoms with Crippen LogP contribution in [0.4, 0.5) is 0 Å². The first kappa shape index (κ1) is 18.3. The molecule has 0 atom stereocenters. The van der Waals surface area contributed by atoms with Crippen LogP contribution in [0, 0.1) is 0 Å². The number of nitrogens with one attached hydrogen (secondary N) is 1. The van der Waals surface area contributed by atoms with Gasteiger partial charge in [-0.15, -0.1) is 0 Å². The van der Waals surface area contributed by atoms with Crippen LogP contribution in [0.1, 0.15) is 19.4 Å². The molecule has 0 saturated carbocycles. The van der Waals surface area contributed by atoms with E-state index in [-0.39, 0.29) is 18.1 Å². The summed E-state index contributed by atoms with van der Waals surface area (Å²) in [5, 5.41) is 3.07. The van der Waals surface area contributed by atoms with Crippen LogP contribution in [0.3, 0.4) is 0 Å². The second-order valence-corrected chi connectivity index (χ2v) is 7.78. The lowest BCUT2D eigenvalue weighted by molar-refractivity contribution is 0.286. The second kappa shape index (κ2) is 8.60. The normalized spacial score (nSPS) is 11.4. The molecule has 0 spiro atoms. The van der Waals surface area contributed by atoms with Crippen molar-refractivity contribution in [2.75, 3.05) is 31.8 Å². The molecule has 0 aliphatic rings. The summed E-state index contributed by atoms with van der Waals surface area (Å²) in [7, 11) is -1.17. The van der Waals surface area contributed by atoms with Gasteiger partial charge >= 0.3 is 0 Å².